The molecule has 0 saturated heterocycles. The molecule has 1 unspecified atom stereocenters. The van der Waals surface area contributed by atoms with E-state index in [1.165, 1.54) is 10.6 Å². The first-order chi connectivity index (χ1) is 12.0. The number of amides is 1. The number of hydrogen-bond donors (Lipinski definition) is 1. The molecule has 1 N–H and O–H groups in total. The van der Waals surface area contributed by atoms with E-state index in [1.54, 1.807) is 36.5 Å². The minimum atomic E-state index is -0.320. The lowest BCUT2D eigenvalue weighted by atomic mass is 10.1. The zero-order valence-electron chi connectivity index (χ0n) is 13.6. The molecule has 0 bridgehead atoms. The highest BCUT2D eigenvalue weighted by atomic mass is 35.5. The van der Waals surface area contributed by atoms with E-state index < -0.39 is 0 Å². The van der Waals surface area contributed by atoms with Crippen molar-refractivity contribution in [2.45, 2.75) is 19.5 Å². The summed E-state index contributed by atoms with van der Waals surface area (Å²) in [6.45, 7) is 2.15. The van der Waals surface area contributed by atoms with Crippen molar-refractivity contribution in [3.05, 3.63) is 93.3 Å². The van der Waals surface area contributed by atoms with Gasteiger partial charge in [0.1, 0.15) is 5.76 Å². The number of aromatic nitrogens is 1. The minimum Gasteiger partial charge on any atom is -0.454 e. The highest BCUT2D eigenvalue weighted by Gasteiger charge is 2.15. The summed E-state index contributed by atoms with van der Waals surface area (Å²) in [6.07, 6.45) is 1.67. The summed E-state index contributed by atoms with van der Waals surface area (Å²) in [7, 11) is 0. The fourth-order valence-electron chi connectivity index (χ4n) is 2.47. The SMILES string of the molecule is CC(NC(=O)c1ccc(Cn2ccccc2=O)o1)c1cccc(Cl)c1. The molecule has 2 heterocycles. The van der Waals surface area contributed by atoms with Crippen molar-refractivity contribution in [1.29, 1.82) is 0 Å². The maximum Gasteiger partial charge on any atom is 0.287 e. The fourth-order valence-corrected chi connectivity index (χ4v) is 2.67. The number of halogens is 1. The molecule has 3 rings (SSSR count). The van der Waals surface area contributed by atoms with Gasteiger partial charge in [0.15, 0.2) is 5.76 Å². The topological polar surface area (TPSA) is 64.2 Å². The van der Waals surface area contributed by atoms with Gasteiger partial charge in [0.2, 0.25) is 0 Å². The molecule has 0 radical (unpaired) electrons. The first kappa shape index (κ1) is 17.0. The van der Waals surface area contributed by atoms with Gasteiger partial charge < -0.3 is 14.3 Å². The Hall–Kier alpha value is -2.79. The first-order valence-electron chi connectivity index (χ1n) is 7.83. The average Bonchev–Trinajstić information content (AvgIpc) is 3.06. The lowest BCUT2D eigenvalue weighted by Crippen LogP contribution is -2.26. The Labute approximate surface area is 149 Å². The number of carbonyl (C=O) groups excluding carboxylic acids is 1. The number of nitrogens with zero attached hydrogens (tertiary/aromatic N) is 1. The minimum absolute atomic E-state index is 0.125. The van der Waals surface area contributed by atoms with Crippen LogP contribution in [0.15, 0.2) is 70.0 Å². The zero-order chi connectivity index (χ0) is 17.8. The predicted molar refractivity (Wildman–Crippen MR) is 95.8 cm³/mol. The van der Waals surface area contributed by atoms with Gasteiger partial charge in [0.05, 0.1) is 12.6 Å². The standard InChI is InChI=1S/C19H17ClN2O3/c1-13(14-5-4-6-15(20)11-14)21-19(24)17-9-8-16(25-17)12-22-10-3-2-7-18(22)23/h2-11,13H,12H2,1H3,(H,21,24). The van der Waals surface area contributed by atoms with E-state index in [9.17, 15) is 9.59 Å². The van der Waals surface area contributed by atoms with Crippen LogP contribution in [0.4, 0.5) is 0 Å². The van der Waals surface area contributed by atoms with E-state index in [2.05, 4.69) is 5.32 Å². The van der Waals surface area contributed by atoms with Gasteiger partial charge >= 0.3 is 0 Å². The van der Waals surface area contributed by atoms with Crippen LogP contribution in [-0.2, 0) is 6.54 Å². The number of benzene rings is 1. The number of hydrogen-bond acceptors (Lipinski definition) is 3. The molecule has 128 valence electrons. The molecular weight excluding hydrogens is 340 g/mol. The van der Waals surface area contributed by atoms with Crippen molar-refractivity contribution in [1.82, 2.24) is 9.88 Å². The normalized spacial score (nSPS) is 11.9. The number of carbonyl (C=O) groups is 1. The molecule has 1 aromatic carbocycles. The van der Waals surface area contributed by atoms with Gasteiger partial charge in [-0.15, -0.1) is 0 Å². The van der Waals surface area contributed by atoms with Gasteiger partial charge in [0, 0.05) is 17.3 Å². The molecule has 6 heteroatoms. The van der Waals surface area contributed by atoms with Crippen LogP contribution in [0.1, 0.15) is 34.8 Å². The third-order valence-corrected chi connectivity index (χ3v) is 4.04. The maximum absolute atomic E-state index is 12.3. The second-order valence-corrected chi connectivity index (χ2v) is 6.12. The Morgan fingerprint density at radius 1 is 1.20 bits per heavy atom. The summed E-state index contributed by atoms with van der Waals surface area (Å²) in [6, 6.07) is 15.3. The quantitative estimate of drug-likeness (QED) is 0.759. The van der Waals surface area contributed by atoms with Gasteiger partial charge in [-0.3, -0.25) is 9.59 Å². The van der Waals surface area contributed by atoms with E-state index >= 15 is 0 Å². The van der Waals surface area contributed by atoms with Crippen molar-refractivity contribution in [3.8, 4) is 0 Å². The maximum atomic E-state index is 12.3. The third-order valence-electron chi connectivity index (χ3n) is 3.81. The second-order valence-electron chi connectivity index (χ2n) is 5.68. The van der Waals surface area contributed by atoms with Crippen LogP contribution in [0.2, 0.25) is 5.02 Å². The van der Waals surface area contributed by atoms with Gasteiger partial charge in [0.25, 0.3) is 11.5 Å². The molecule has 1 amide bonds. The van der Waals surface area contributed by atoms with Gasteiger partial charge in [-0.05, 0) is 42.8 Å². The molecule has 0 aliphatic heterocycles. The van der Waals surface area contributed by atoms with Crippen LogP contribution in [0, 0.1) is 0 Å². The largest absolute Gasteiger partial charge is 0.454 e. The Morgan fingerprint density at radius 3 is 2.80 bits per heavy atom. The monoisotopic (exact) mass is 356 g/mol. The molecule has 0 aliphatic carbocycles. The van der Waals surface area contributed by atoms with Gasteiger partial charge in [-0.1, -0.05) is 29.8 Å². The van der Waals surface area contributed by atoms with E-state index in [1.807, 2.05) is 25.1 Å². The Balaban J connectivity index is 1.68. The molecule has 0 spiro atoms. The summed E-state index contributed by atoms with van der Waals surface area (Å²) < 4.78 is 7.08. The smallest absolute Gasteiger partial charge is 0.287 e. The summed E-state index contributed by atoms with van der Waals surface area (Å²) >= 11 is 5.98. The Bertz CT molecular complexity index is 945. The molecule has 0 saturated carbocycles. The van der Waals surface area contributed by atoms with Crippen LogP contribution >= 0.6 is 11.6 Å². The molecule has 0 aliphatic rings. The van der Waals surface area contributed by atoms with E-state index in [0.29, 0.717) is 10.8 Å². The van der Waals surface area contributed by atoms with Crippen LogP contribution in [0.25, 0.3) is 0 Å². The Kier molecular flexibility index (Phi) is 5.05. The second kappa shape index (κ2) is 7.40. The van der Waals surface area contributed by atoms with Gasteiger partial charge in [-0.2, -0.15) is 0 Å². The van der Waals surface area contributed by atoms with Crippen LogP contribution < -0.4 is 10.9 Å². The Morgan fingerprint density at radius 2 is 2.04 bits per heavy atom. The summed E-state index contributed by atoms with van der Waals surface area (Å²) in [5, 5.41) is 3.49. The van der Waals surface area contributed by atoms with Crippen molar-refractivity contribution in [2.24, 2.45) is 0 Å². The molecule has 25 heavy (non-hydrogen) atoms. The van der Waals surface area contributed by atoms with E-state index in [-0.39, 0.29) is 29.8 Å². The van der Waals surface area contributed by atoms with Crippen molar-refractivity contribution in [2.75, 3.05) is 0 Å². The van der Waals surface area contributed by atoms with E-state index in [4.69, 9.17) is 16.0 Å². The van der Waals surface area contributed by atoms with Crippen molar-refractivity contribution in [3.63, 3.8) is 0 Å². The number of rotatable bonds is 5. The lowest BCUT2D eigenvalue weighted by Gasteiger charge is -2.13. The molecule has 5 nitrogen and oxygen atoms in total. The predicted octanol–water partition coefficient (Wildman–Crippen LogP) is 3.63. The third kappa shape index (κ3) is 4.19. The van der Waals surface area contributed by atoms with E-state index in [0.717, 1.165) is 5.56 Å². The summed E-state index contributed by atoms with van der Waals surface area (Å²) in [5.41, 5.74) is 0.781. The molecular formula is C19H17ClN2O3. The number of furan rings is 1. The highest BCUT2D eigenvalue weighted by molar-refractivity contribution is 6.30. The van der Waals surface area contributed by atoms with Crippen molar-refractivity contribution >= 4 is 17.5 Å². The van der Waals surface area contributed by atoms with Crippen LogP contribution in [0.3, 0.4) is 0 Å². The number of nitrogens with one attached hydrogen (secondary N) is 1. The first-order valence-corrected chi connectivity index (χ1v) is 8.21. The van der Waals surface area contributed by atoms with Crippen LogP contribution in [-0.4, -0.2) is 10.5 Å². The fraction of sp³-hybridized carbons (Fsp3) is 0.158. The number of pyridine rings is 1. The highest BCUT2D eigenvalue weighted by Crippen LogP contribution is 2.18. The summed E-state index contributed by atoms with van der Waals surface area (Å²) in [4.78, 5) is 24.1. The molecule has 1 atom stereocenters. The van der Waals surface area contributed by atoms with Crippen molar-refractivity contribution < 1.29 is 9.21 Å². The molecule has 0 fully saturated rings. The molecule has 3 aromatic rings. The average molecular weight is 357 g/mol. The molecule has 2 aromatic heterocycles. The zero-order valence-corrected chi connectivity index (χ0v) is 14.4. The lowest BCUT2D eigenvalue weighted by molar-refractivity contribution is 0.0910. The summed E-state index contributed by atoms with van der Waals surface area (Å²) in [5.74, 6) is 0.417. The van der Waals surface area contributed by atoms with Gasteiger partial charge in [-0.25, -0.2) is 0 Å². The van der Waals surface area contributed by atoms with Crippen LogP contribution in [0.5, 0.6) is 0 Å².